The monoisotopic (exact) mass is 380 g/mol. The third-order valence-electron chi connectivity index (χ3n) is 5.83. The summed E-state index contributed by atoms with van der Waals surface area (Å²) in [5, 5.41) is 4.29. The summed E-state index contributed by atoms with van der Waals surface area (Å²) in [6, 6.07) is 10.0. The van der Waals surface area contributed by atoms with E-state index in [0.717, 1.165) is 54.8 Å². The van der Waals surface area contributed by atoms with Crippen molar-refractivity contribution in [2.24, 2.45) is 11.8 Å². The van der Waals surface area contributed by atoms with Crippen molar-refractivity contribution in [3.8, 4) is 11.3 Å². The smallest absolute Gasteiger partial charge is 0.228 e. The van der Waals surface area contributed by atoms with Crippen LogP contribution in [0.3, 0.4) is 0 Å². The molecular weight excluding hydrogens is 352 g/mol. The second-order valence-corrected chi connectivity index (χ2v) is 7.86. The molecule has 0 saturated carbocycles. The first-order chi connectivity index (χ1) is 13.7. The minimum absolute atomic E-state index is 0.0283. The molecule has 1 saturated heterocycles. The topological polar surface area (TPSA) is 55.6 Å². The van der Waals surface area contributed by atoms with E-state index in [1.54, 1.807) is 0 Å². The molecule has 2 heterocycles. The summed E-state index contributed by atoms with van der Waals surface area (Å²) in [5.41, 5.74) is 2.86. The number of aromatic nitrogens is 1. The van der Waals surface area contributed by atoms with Crippen LogP contribution in [0.4, 0.5) is 0 Å². The zero-order valence-corrected chi connectivity index (χ0v) is 16.5. The summed E-state index contributed by atoms with van der Waals surface area (Å²) in [5.74, 6) is 1.46. The van der Waals surface area contributed by atoms with Gasteiger partial charge in [0.15, 0.2) is 0 Å². The molecule has 2 aromatic rings. The van der Waals surface area contributed by atoms with Crippen LogP contribution in [0.5, 0.6) is 0 Å². The molecule has 148 valence electrons. The van der Waals surface area contributed by atoms with Crippen LogP contribution in [0.15, 0.2) is 47.0 Å². The highest BCUT2D eigenvalue weighted by Gasteiger charge is 2.31. The molecule has 0 unspecified atom stereocenters. The maximum absolute atomic E-state index is 13.3. The van der Waals surface area contributed by atoms with Crippen molar-refractivity contribution in [1.29, 1.82) is 0 Å². The fraction of sp³-hybridized carbons (Fsp3) is 0.478. The molecule has 1 aromatic carbocycles. The van der Waals surface area contributed by atoms with Crippen LogP contribution in [0.1, 0.15) is 37.0 Å². The highest BCUT2D eigenvalue weighted by Crippen LogP contribution is 2.29. The van der Waals surface area contributed by atoms with Crippen LogP contribution in [0.2, 0.25) is 0 Å². The molecule has 0 radical (unpaired) electrons. The predicted molar refractivity (Wildman–Crippen MR) is 108 cm³/mol. The maximum Gasteiger partial charge on any atom is 0.228 e. The summed E-state index contributed by atoms with van der Waals surface area (Å²) in [4.78, 5) is 15.3. The number of nitrogens with zero attached hydrogens (tertiary/aromatic N) is 2. The van der Waals surface area contributed by atoms with Crippen molar-refractivity contribution in [2.75, 3.05) is 19.8 Å². The average Bonchev–Trinajstić information content (AvgIpc) is 3.39. The van der Waals surface area contributed by atoms with Gasteiger partial charge in [0.05, 0.1) is 19.1 Å². The van der Waals surface area contributed by atoms with Crippen LogP contribution in [-0.2, 0) is 16.1 Å². The highest BCUT2D eigenvalue weighted by atomic mass is 16.5. The summed E-state index contributed by atoms with van der Waals surface area (Å²) in [6.45, 7) is 4.46. The number of ether oxygens (including phenoxy) is 1. The molecule has 4 rings (SSSR count). The van der Waals surface area contributed by atoms with E-state index < -0.39 is 0 Å². The lowest BCUT2D eigenvalue weighted by molar-refractivity contribution is -0.136. The van der Waals surface area contributed by atoms with Gasteiger partial charge in [-0.1, -0.05) is 47.6 Å². The molecular formula is C23H28N2O3. The molecule has 1 aliphatic heterocycles. The zero-order chi connectivity index (χ0) is 19.3. The van der Waals surface area contributed by atoms with Crippen molar-refractivity contribution in [3.05, 3.63) is 53.8 Å². The second kappa shape index (κ2) is 8.74. The molecule has 1 aliphatic carbocycles. The van der Waals surface area contributed by atoms with E-state index in [1.165, 1.54) is 0 Å². The van der Waals surface area contributed by atoms with E-state index in [2.05, 4.69) is 17.3 Å². The highest BCUT2D eigenvalue weighted by molar-refractivity contribution is 5.79. The van der Waals surface area contributed by atoms with Gasteiger partial charge in [0.2, 0.25) is 5.91 Å². The van der Waals surface area contributed by atoms with Gasteiger partial charge in [0.1, 0.15) is 11.5 Å². The van der Waals surface area contributed by atoms with Gasteiger partial charge < -0.3 is 14.2 Å². The van der Waals surface area contributed by atoms with E-state index >= 15 is 0 Å². The quantitative estimate of drug-likeness (QED) is 0.698. The first kappa shape index (κ1) is 18.9. The van der Waals surface area contributed by atoms with Crippen LogP contribution < -0.4 is 0 Å². The predicted octanol–water partition coefficient (Wildman–Crippen LogP) is 4.37. The third kappa shape index (κ3) is 4.20. The summed E-state index contributed by atoms with van der Waals surface area (Å²) in [6.07, 6.45) is 8.57. The van der Waals surface area contributed by atoms with E-state index in [1.807, 2.05) is 42.2 Å². The van der Waals surface area contributed by atoms with E-state index in [-0.39, 0.29) is 11.8 Å². The summed E-state index contributed by atoms with van der Waals surface area (Å²) >= 11 is 0. The van der Waals surface area contributed by atoms with E-state index in [4.69, 9.17) is 9.26 Å². The number of rotatable bonds is 6. The number of carbonyl (C=O) groups is 1. The van der Waals surface area contributed by atoms with Gasteiger partial charge in [-0.15, -0.1) is 0 Å². The maximum atomic E-state index is 13.3. The van der Waals surface area contributed by atoms with Gasteiger partial charge in [-0.05, 0) is 38.5 Å². The minimum atomic E-state index is -0.0283. The SMILES string of the molecule is Cc1onc(-c2ccccc2)c1CN(C[C@@H]1CC=CCC1)C(=O)[C@@H]1CCOC1. The Morgan fingerprint density at radius 2 is 2.07 bits per heavy atom. The van der Waals surface area contributed by atoms with Gasteiger partial charge in [-0.2, -0.15) is 0 Å². The Kier molecular flexibility index (Phi) is 5.91. The fourth-order valence-electron chi connectivity index (χ4n) is 4.14. The Morgan fingerprint density at radius 1 is 1.21 bits per heavy atom. The van der Waals surface area contributed by atoms with Crippen molar-refractivity contribution in [1.82, 2.24) is 10.1 Å². The Balaban J connectivity index is 1.59. The molecule has 5 nitrogen and oxygen atoms in total. The molecule has 0 spiro atoms. The first-order valence-corrected chi connectivity index (χ1v) is 10.2. The van der Waals surface area contributed by atoms with Crippen LogP contribution in [0.25, 0.3) is 11.3 Å². The Morgan fingerprint density at radius 3 is 2.79 bits per heavy atom. The number of benzene rings is 1. The molecule has 5 heteroatoms. The number of carbonyl (C=O) groups excluding carboxylic acids is 1. The first-order valence-electron chi connectivity index (χ1n) is 10.2. The molecule has 28 heavy (non-hydrogen) atoms. The van der Waals surface area contributed by atoms with Crippen LogP contribution in [-0.4, -0.2) is 35.7 Å². The lowest BCUT2D eigenvalue weighted by atomic mass is 9.93. The molecule has 0 N–H and O–H groups in total. The van der Waals surface area contributed by atoms with Gasteiger partial charge in [-0.25, -0.2) is 0 Å². The second-order valence-electron chi connectivity index (χ2n) is 7.86. The minimum Gasteiger partial charge on any atom is -0.381 e. The Bertz CT molecular complexity index is 822. The lowest BCUT2D eigenvalue weighted by Gasteiger charge is -2.30. The molecule has 1 fully saturated rings. The third-order valence-corrected chi connectivity index (χ3v) is 5.83. The summed E-state index contributed by atoms with van der Waals surface area (Å²) < 4.78 is 11.0. The molecule has 2 atom stereocenters. The van der Waals surface area contributed by atoms with Gasteiger partial charge in [0, 0.05) is 24.3 Å². The molecule has 0 bridgehead atoms. The fourth-order valence-corrected chi connectivity index (χ4v) is 4.14. The van der Waals surface area contributed by atoms with Crippen LogP contribution >= 0.6 is 0 Å². The number of aryl methyl sites for hydroxylation is 1. The normalized spacial score (nSPS) is 21.8. The summed E-state index contributed by atoms with van der Waals surface area (Å²) in [7, 11) is 0. The molecule has 2 aliphatic rings. The van der Waals surface area contributed by atoms with Gasteiger partial charge >= 0.3 is 0 Å². The molecule has 1 aromatic heterocycles. The van der Waals surface area contributed by atoms with Gasteiger partial charge in [-0.3, -0.25) is 4.79 Å². The van der Waals surface area contributed by atoms with E-state index in [0.29, 0.717) is 25.7 Å². The standard InChI is InChI=1S/C23H28N2O3/c1-17-21(22(24-28-17)19-10-6-3-7-11-19)15-25(14-18-8-4-2-5-9-18)23(26)20-12-13-27-16-20/h2-4,6-7,10-11,18,20H,5,8-9,12-16H2,1H3/t18-,20-/m1/s1. The van der Waals surface area contributed by atoms with E-state index in [9.17, 15) is 4.79 Å². The number of hydrogen-bond acceptors (Lipinski definition) is 4. The van der Waals surface area contributed by atoms with Gasteiger partial charge in [0.25, 0.3) is 0 Å². The van der Waals surface area contributed by atoms with Crippen molar-refractivity contribution >= 4 is 5.91 Å². The average molecular weight is 380 g/mol. The number of hydrogen-bond donors (Lipinski definition) is 0. The number of amides is 1. The zero-order valence-electron chi connectivity index (χ0n) is 16.5. The number of allylic oxidation sites excluding steroid dienone is 2. The Hall–Kier alpha value is -2.40. The van der Waals surface area contributed by atoms with Crippen molar-refractivity contribution < 1.29 is 14.1 Å². The lowest BCUT2D eigenvalue weighted by Crippen LogP contribution is -2.39. The van der Waals surface area contributed by atoms with Crippen molar-refractivity contribution in [3.63, 3.8) is 0 Å². The molecule has 1 amide bonds. The van der Waals surface area contributed by atoms with Crippen LogP contribution in [0, 0.1) is 18.8 Å². The Labute approximate surface area is 166 Å². The van der Waals surface area contributed by atoms with Crippen molar-refractivity contribution in [2.45, 2.75) is 39.2 Å². The largest absolute Gasteiger partial charge is 0.381 e.